The van der Waals surface area contributed by atoms with Crippen molar-refractivity contribution in [3.8, 4) is 0 Å². The van der Waals surface area contributed by atoms with Gasteiger partial charge in [0.25, 0.3) is 0 Å². The molecular weight excluding hydrogens is 265 g/mol. The Morgan fingerprint density at radius 3 is 2.42 bits per heavy atom. The van der Waals surface area contributed by atoms with Gasteiger partial charge in [0, 0.05) is 5.02 Å². The molecule has 1 atom stereocenters. The van der Waals surface area contributed by atoms with Crippen LogP contribution >= 0.6 is 11.6 Å². The molecule has 2 nitrogen and oxygen atoms in total. The summed E-state index contributed by atoms with van der Waals surface area (Å²) in [5.74, 6) is -0.366. The molecule has 0 aliphatic rings. The topological polar surface area (TPSA) is 32.3 Å². The molecule has 1 unspecified atom stereocenters. The molecule has 100 valence electrons. The third-order valence-corrected chi connectivity index (χ3v) is 3.40. The lowest BCUT2D eigenvalue weighted by atomic mass is 9.92. The highest BCUT2D eigenvalue weighted by molar-refractivity contribution is 6.31. The number of hydrogen-bond donors (Lipinski definition) is 2. The van der Waals surface area contributed by atoms with Crippen LogP contribution in [0.5, 0.6) is 0 Å². The fourth-order valence-corrected chi connectivity index (χ4v) is 2.30. The first kappa shape index (κ1) is 13.8. The Kier molecular flexibility index (Phi) is 4.08. The molecule has 2 N–H and O–H groups in total. The van der Waals surface area contributed by atoms with Crippen LogP contribution in [0.3, 0.4) is 0 Å². The number of halogens is 2. The lowest BCUT2D eigenvalue weighted by Gasteiger charge is -2.31. The lowest BCUT2D eigenvalue weighted by molar-refractivity contribution is 0.223. The Morgan fingerprint density at radius 2 is 1.79 bits per heavy atom. The van der Waals surface area contributed by atoms with E-state index in [0.717, 1.165) is 5.56 Å². The normalized spacial score (nSPS) is 13.9. The number of para-hydroxylation sites is 1. The van der Waals surface area contributed by atoms with Gasteiger partial charge in [-0.3, -0.25) is 0 Å². The van der Waals surface area contributed by atoms with Crippen molar-refractivity contribution >= 4 is 17.3 Å². The Balaban J connectivity index is 2.39. The van der Waals surface area contributed by atoms with Crippen molar-refractivity contribution in [3.63, 3.8) is 0 Å². The van der Waals surface area contributed by atoms with Gasteiger partial charge in [-0.25, -0.2) is 4.39 Å². The Bertz CT molecular complexity index is 576. The van der Waals surface area contributed by atoms with E-state index in [1.807, 2.05) is 18.2 Å². The van der Waals surface area contributed by atoms with E-state index in [0.29, 0.717) is 10.7 Å². The highest BCUT2D eigenvalue weighted by Gasteiger charge is 2.28. The second-order valence-electron chi connectivity index (χ2n) is 4.57. The van der Waals surface area contributed by atoms with Gasteiger partial charge in [0.2, 0.25) is 0 Å². The molecule has 0 saturated heterocycles. The fourth-order valence-electron chi connectivity index (χ4n) is 1.96. The van der Waals surface area contributed by atoms with Gasteiger partial charge in [-0.05, 0) is 30.7 Å². The maximum Gasteiger partial charge on any atom is 0.146 e. The highest BCUT2D eigenvalue weighted by atomic mass is 35.5. The third-order valence-electron chi connectivity index (χ3n) is 3.07. The third kappa shape index (κ3) is 2.88. The summed E-state index contributed by atoms with van der Waals surface area (Å²) < 4.78 is 13.7. The fraction of sp³-hybridized carbons (Fsp3) is 0.200. The summed E-state index contributed by atoms with van der Waals surface area (Å²) in [6.45, 7) is 1.58. The van der Waals surface area contributed by atoms with Gasteiger partial charge in [0.15, 0.2) is 0 Å². The first-order valence-corrected chi connectivity index (χ1v) is 6.33. The molecule has 0 aliphatic carbocycles. The molecular formula is C15H15ClFNO. The Hall–Kier alpha value is -1.58. The van der Waals surface area contributed by atoms with Gasteiger partial charge in [-0.2, -0.15) is 0 Å². The number of hydrogen-bond acceptors (Lipinski definition) is 2. The van der Waals surface area contributed by atoms with E-state index >= 15 is 0 Å². The van der Waals surface area contributed by atoms with Crippen LogP contribution in [-0.4, -0.2) is 11.7 Å². The van der Waals surface area contributed by atoms with Gasteiger partial charge >= 0.3 is 0 Å². The summed E-state index contributed by atoms with van der Waals surface area (Å²) in [6.07, 6.45) is 0. The van der Waals surface area contributed by atoms with Gasteiger partial charge in [-0.1, -0.05) is 41.9 Å². The average Bonchev–Trinajstić information content (AvgIpc) is 2.42. The molecule has 0 heterocycles. The lowest BCUT2D eigenvalue weighted by Crippen LogP contribution is -2.36. The van der Waals surface area contributed by atoms with Crippen LogP contribution < -0.4 is 5.32 Å². The van der Waals surface area contributed by atoms with Crippen molar-refractivity contribution in [1.29, 1.82) is 0 Å². The van der Waals surface area contributed by atoms with Crippen molar-refractivity contribution in [3.05, 3.63) is 64.9 Å². The van der Waals surface area contributed by atoms with Crippen LogP contribution in [-0.2, 0) is 5.54 Å². The molecule has 0 fully saturated rings. The van der Waals surface area contributed by atoms with Crippen LogP contribution in [0.4, 0.5) is 10.1 Å². The van der Waals surface area contributed by atoms with Gasteiger partial charge in [-0.15, -0.1) is 0 Å². The molecule has 0 spiro atoms. The highest BCUT2D eigenvalue weighted by Crippen LogP contribution is 2.31. The van der Waals surface area contributed by atoms with E-state index in [9.17, 15) is 9.50 Å². The zero-order valence-corrected chi connectivity index (χ0v) is 11.3. The number of rotatable bonds is 4. The zero-order valence-electron chi connectivity index (χ0n) is 10.5. The van der Waals surface area contributed by atoms with Crippen LogP contribution in [0.25, 0.3) is 0 Å². The van der Waals surface area contributed by atoms with E-state index in [2.05, 4.69) is 5.32 Å². The molecule has 0 bridgehead atoms. The second-order valence-corrected chi connectivity index (χ2v) is 4.98. The molecule has 0 saturated carbocycles. The standard InChI is InChI=1S/C15H15ClFNO/c1-15(10-19,11-6-2-3-7-12(11)16)18-14-9-5-4-8-13(14)17/h2-9,18-19H,10H2,1H3. The molecule has 0 radical (unpaired) electrons. The van der Waals surface area contributed by atoms with Crippen LogP contribution in [0.1, 0.15) is 12.5 Å². The maximum atomic E-state index is 13.7. The van der Waals surface area contributed by atoms with Crippen molar-refractivity contribution in [2.75, 3.05) is 11.9 Å². The van der Waals surface area contributed by atoms with Crippen LogP contribution in [0.15, 0.2) is 48.5 Å². The van der Waals surface area contributed by atoms with E-state index in [1.54, 1.807) is 31.2 Å². The van der Waals surface area contributed by atoms with Gasteiger partial charge in [0.05, 0.1) is 17.8 Å². The molecule has 0 aromatic heterocycles. The van der Waals surface area contributed by atoms with E-state index in [1.165, 1.54) is 6.07 Å². The largest absolute Gasteiger partial charge is 0.394 e. The zero-order chi connectivity index (χ0) is 13.9. The summed E-state index contributed by atoms with van der Waals surface area (Å²) in [4.78, 5) is 0. The van der Waals surface area contributed by atoms with E-state index < -0.39 is 5.54 Å². The number of aliphatic hydroxyl groups is 1. The van der Waals surface area contributed by atoms with E-state index in [4.69, 9.17) is 11.6 Å². The van der Waals surface area contributed by atoms with Crippen LogP contribution in [0.2, 0.25) is 5.02 Å². The molecule has 0 aliphatic heterocycles. The second kappa shape index (κ2) is 5.59. The van der Waals surface area contributed by atoms with Gasteiger partial charge < -0.3 is 10.4 Å². The number of aliphatic hydroxyl groups excluding tert-OH is 1. The quantitative estimate of drug-likeness (QED) is 0.892. The Morgan fingerprint density at radius 1 is 1.16 bits per heavy atom. The summed E-state index contributed by atoms with van der Waals surface area (Å²) >= 11 is 6.15. The minimum Gasteiger partial charge on any atom is -0.394 e. The monoisotopic (exact) mass is 279 g/mol. The maximum absolute atomic E-state index is 13.7. The summed E-state index contributed by atoms with van der Waals surface area (Å²) in [5, 5.41) is 13.2. The van der Waals surface area contributed by atoms with Crippen LogP contribution in [0, 0.1) is 5.82 Å². The van der Waals surface area contributed by atoms with Crippen molar-refractivity contribution < 1.29 is 9.50 Å². The van der Waals surface area contributed by atoms with Crippen molar-refractivity contribution in [2.24, 2.45) is 0 Å². The first-order chi connectivity index (χ1) is 9.07. The summed E-state index contributed by atoms with van der Waals surface area (Å²) in [5.41, 5.74) is 0.210. The minimum absolute atomic E-state index is 0.203. The first-order valence-electron chi connectivity index (χ1n) is 5.95. The number of nitrogens with one attached hydrogen (secondary N) is 1. The molecule has 2 aromatic rings. The molecule has 0 amide bonds. The van der Waals surface area contributed by atoms with E-state index in [-0.39, 0.29) is 12.4 Å². The molecule has 19 heavy (non-hydrogen) atoms. The average molecular weight is 280 g/mol. The molecule has 2 aromatic carbocycles. The summed E-state index contributed by atoms with van der Waals surface area (Å²) in [6, 6.07) is 13.5. The Labute approximate surface area is 116 Å². The predicted molar refractivity (Wildman–Crippen MR) is 75.9 cm³/mol. The number of anilines is 1. The smallest absolute Gasteiger partial charge is 0.146 e. The molecule has 4 heteroatoms. The van der Waals surface area contributed by atoms with Crippen molar-refractivity contribution in [1.82, 2.24) is 0 Å². The minimum atomic E-state index is -0.847. The van der Waals surface area contributed by atoms with Crippen molar-refractivity contribution in [2.45, 2.75) is 12.5 Å². The summed E-state index contributed by atoms with van der Waals surface area (Å²) in [7, 11) is 0. The number of benzene rings is 2. The SMILES string of the molecule is CC(CO)(Nc1ccccc1F)c1ccccc1Cl. The van der Waals surface area contributed by atoms with Gasteiger partial charge in [0.1, 0.15) is 5.82 Å². The predicted octanol–water partition coefficient (Wildman–Crippen LogP) is 3.80. The molecule has 2 rings (SSSR count).